The summed E-state index contributed by atoms with van der Waals surface area (Å²) in [5, 5.41) is 2.89. The van der Waals surface area contributed by atoms with Crippen LogP contribution in [0.15, 0.2) is 47.9 Å². The molecular formula is C22H26N4O2S2. The van der Waals surface area contributed by atoms with Crippen molar-refractivity contribution in [3.8, 4) is 0 Å². The minimum atomic E-state index is -0.133. The Morgan fingerprint density at radius 3 is 2.70 bits per heavy atom. The highest BCUT2D eigenvalue weighted by Crippen LogP contribution is 2.32. The number of hydrogen-bond donors (Lipinski definition) is 1. The number of carbonyl (C=O) groups is 2. The van der Waals surface area contributed by atoms with Gasteiger partial charge in [-0.25, -0.2) is 4.98 Å². The number of thioether (sulfide) groups is 1. The second-order valence-electron chi connectivity index (χ2n) is 7.41. The van der Waals surface area contributed by atoms with Gasteiger partial charge in [-0.3, -0.25) is 14.5 Å². The second-order valence-corrected chi connectivity index (χ2v) is 9.08. The molecule has 0 unspecified atom stereocenters. The summed E-state index contributed by atoms with van der Waals surface area (Å²) in [4.78, 5) is 30.9. The largest absolute Gasteiger partial charge is 0.356 e. The van der Waals surface area contributed by atoms with Crippen molar-refractivity contribution < 1.29 is 9.59 Å². The number of amides is 2. The Hall–Kier alpha value is -2.45. The van der Waals surface area contributed by atoms with Gasteiger partial charge in [0.25, 0.3) is 5.91 Å². The van der Waals surface area contributed by atoms with Crippen LogP contribution < -0.4 is 5.32 Å². The van der Waals surface area contributed by atoms with Gasteiger partial charge in [0.15, 0.2) is 0 Å². The van der Waals surface area contributed by atoms with E-state index in [0.29, 0.717) is 28.2 Å². The summed E-state index contributed by atoms with van der Waals surface area (Å²) in [6.07, 6.45) is 8.29. The van der Waals surface area contributed by atoms with Crippen molar-refractivity contribution in [1.82, 2.24) is 19.8 Å². The number of thiocarbonyl (C=S) groups is 1. The summed E-state index contributed by atoms with van der Waals surface area (Å²) in [6.45, 7) is 5.98. The zero-order valence-electron chi connectivity index (χ0n) is 17.2. The maximum Gasteiger partial charge on any atom is 0.266 e. The Labute approximate surface area is 186 Å². The molecule has 158 valence electrons. The first-order valence-electron chi connectivity index (χ1n) is 10.0. The van der Waals surface area contributed by atoms with E-state index < -0.39 is 0 Å². The number of hydrogen-bond acceptors (Lipinski definition) is 5. The number of nitrogens with one attached hydrogen (secondary N) is 1. The minimum absolute atomic E-state index is 0.0806. The van der Waals surface area contributed by atoms with Gasteiger partial charge in [-0.05, 0) is 29.5 Å². The first-order chi connectivity index (χ1) is 14.4. The Balaban J connectivity index is 1.46. The highest BCUT2D eigenvalue weighted by Gasteiger charge is 2.32. The minimum Gasteiger partial charge on any atom is -0.356 e. The first-order valence-corrected chi connectivity index (χ1v) is 11.2. The normalized spacial score (nSPS) is 15.4. The SMILES string of the molecule is CC(C)c1ccc(/C=C2\SC(=S)N(CCC(=O)NCCCn3ccnc3)C2=O)cc1. The summed E-state index contributed by atoms with van der Waals surface area (Å²) in [6, 6.07) is 8.18. The molecular weight excluding hydrogens is 416 g/mol. The molecule has 1 N–H and O–H groups in total. The lowest BCUT2D eigenvalue weighted by Gasteiger charge is -2.14. The van der Waals surface area contributed by atoms with Crippen molar-refractivity contribution in [3.63, 3.8) is 0 Å². The zero-order valence-corrected chi connectivity index (χ0v) is 18.8. The molecule has 2 amide bonds. The van der Waals surface area contributed by atoms with Crippen LogP contribution in [0.2, 0.25) is 0 Å². The predicted molar refractivity (Wildman–Crippen MR) is 125 cm³/mol. The van der Waals surface area contributed by atoms with Gasteiger partial charge in [-0.15, -0.1) is 0 Å². The third kappa shape index (κ3) is 6.03. The van der Waals surface area contributed by atoms with Crippen molar-refractivity contribution in [2.75, 3.05) is 13.1 Å². The van der Waals surface area contributed by atoms with E-state index in [1.807, 2.05) is 29.0 Å². The van der Waals surface area contributed by atoms with Crippen molar-refractivity contribution >= 4 is 46.2 Å². The molecule has 3 rings (SSSR count). The molecule has 0 atom stereocenters. The van der Waals surface area contributed by atoms with Gasteiger partial charge in [-0.1, -0.05) is 62.1 Å². The van der Waals surface area contributed by atoms with E-state index in [-0.39, 0.29) is 18.2 Å². The fourth-order valence-corrected chi connectivity index (χ4v) is 4.34. The Morgan fingerprint density at radius 2 is 2.03 bits per heavy atom. The van der Waals surface area contributed by atoms with Crippen LogP contribution >= 0.6 is 24.0 Å². The van der Waals surface area contributed by atoms with E-state index in [2.05, 4.69) is 36.3 Å². The number of benzene rings is 1. The molecule has 2 aromatic rings. The van der Waals surface area contributed by atoms with E-state index in [9.17, 15) is 9.59 Å². The van der Waals surface area contributed by atoms with Crippen LogP contribution in [0.1, 0.15) is 43.7 Å². The molecule has 0 spiro atoms. The fourth-order valence-electron chi connectivity index (χ4n) is 3.03. The lowest BCUT2D eigenvalue weighted by atomic mass is 10.0. The van der Waals surface area contributed by atoms with E-state index >= 15 is 0 Å². The van der Waals surface area contributed by atoms with E-state index in [1.165, 1.54) is 22.2 Å². The van der Waals surface area contributed by atoms with Gasteiger partial charge in [0.1, 0.15) is 4.32 Å². The molecule has 0 saturated carbocycles. The molecule has 30 heavy (non-hydrogen) atoms. The predicted octanol–water partition coefficient (Wildman–Crippen LogP) is 3.80. The van der Waals surface area contributed by atoms with E-state index in [0.717, 1.165) is 18.5 Å². The van der Waals surface area contributed by atoms with Gasteiger partial charge >= 0.3 is 0 Å². The monoisotopic (exact) mass is 442 g/mol. The van der Waals surface area contributed by atoms with Crippen LogP contribution in [0.3, 0.4) is 0 Å². The Bertz CT molecular complexity index is 921. The maximum absolute atomic E-state index is 12.7. The van der Waals surface area contributed by atoms with E-state index in [1.54, 1.807) is 12.5 Å². The highest BCUT2D eigenvalue weighted by atomic mass is 32.2. The molecule has 0 aliphatic carbocycles. The van der Waals surface area contributed by atoms with Crippen LogP contribution in [-0.4, -0.2) is 43.7 Å². The molecule has 1 fully saturated rings. The number of aromatic nitrogens is 2. The fraction of sp³-hybridized carbons (Fsp3) is 0.364. The molecule has 8 heteroatoms. The lowest BCUT2D eigenvalue weighted by Crippen LogP contribution is -2.34. The quantitative estimate of drug-likeness (QED) is 0.363. The average Bonchev–Trinajstić information content (AvgIpc) is 3.33. The van der Waals surface area contributed by atoms with Gasteiger partial charge in [0, 0.05) is 38.4 Å². The number of rotatable bonds is 9. The molecule has 2 heterocycles. The molecule has 1 aromatic heterocycles. The van der Waals surface area contributed by atoms with Crippen LogP contribution in [0.25, 0.3) is 6.08 Å². The van der Waals surface area contributed by atoms with Crippen LogP contribution in [0.5, 0.6) is 0 Å². The third-order valence-electron chi connectivity index (χ3n) is 4.81. The summed E-state index contributed by atoms with van der Waals surface area (Å²) >= 11 is 6.64. The molecule has 1 aliphatic rings. The Morgan fingerprint density at radius 1 is 1.27 bits per heavy atom. The summed E-state index contributed by atoms with van der Waals surface area (Å²) < 4.78 is 2.47. The summed E-state index contributed by atoms with van der Waals surface area (Å²) in [5.41, 5.74) is 2.23. The van der Waals surface area contributed by atoms with Crippen LogP contribution in [0.4, 0.5) is 0 Å². The average molecular weight is 443 g/mol. The zero-order chi connectivity index (χ0) is 21.5. The number of aryl methyl sites for hydroxylation is 1. The van der Waals surface area contributed by atoms with Crippen LogP contribution in [0, 0.1) is 0 Å². The highest BCUT2D eigenvalue weighted by molar-refractivity contribution is 8.26. The van der Waals surface area contributed by atoms with E-state index in [4.69, 9.17) is 12.2 Å². The summed E-state index contributed by atoms with van der Waals surface area (Å²) in [5.74, 6) is 0.253. The first kappa shape index (κ1) is 22.2. The molecule has 0 bridgehead atoms. The molecule has 1 aliphatic heterocycles. The molecule has 0 radical (unpaired) electrons. The number of nitrogens with zero attached hydrogens (tertiary/aromatic N) is 3. The van der Waals surface area contributed by atoms with Gasteiger partial charge < -0.3 is 9.88 Å². The van der Waals surface area contributed by atoms with Gasteiger partial charge in [-0.2, -0.15) is 0 Å². The topological polar surface area (TPSA) is 67.2 Å². The third-order valence-corrected chi connectivity index (χ3v) is 6.19. The Kier molecular flexibility index (Phi) is 7.81. The standard InChI is InChI=1S/C22H26N4O2S2/c1-16(2)18-6-4-17(5-7-18)14-19-21(28)26(22(29)30-19)12-8-20(27)24-9-3-11-25-13-10-23-15-25/h4-7,10,13-16H,3,8-9,11-12H2,1-2H3,(H,24,27)/b19-14-. The summed E-state index contributed by atoms with van der Waals surface area (Å²) in [7, 11) is 0. The van der Waals surface area contributed by atoms with Crippen molar-refractivity contribution in [2.45, 2.75) is 39.2 Å². The van der Waals surface area contributed by atoms with Gasteiger partial charge in [0.05, 0.1) is 11.2 Å². The van der Waals surface area contributed by atoms with Crippen molar-refractivity contribution in [2.24, 2.45) is 0 Å². The van der Waals surface area contributed by atoms with Crippen molar-refractivity contribution in [1.29, 1.82) is 0 Å². The van der Waals surface area contributed by atoms with Crippen molar-refractivity contribution in [3.05, 3.63) is 59.0 Å². The van der Waals surface area contributed by atoms with Gasteiger partial charge in [0.2, 0.25) is 5.91 Å². The number of imidazole rings is 1. The number of carbonyl (C=O) groups excluding carboxylic acids is 2. The second kappa shape index (κ2) is 10.5. The smallest absolute Gasteiger partial charge is 0.266 e. The van der Waals surface area contributed by atoms with Crippen LogP contribution in [-0.2, 0) is 16.1 Å². The molecule has 6 nitrogen and oxygen atoms in total. The maximum atomic E-state index is 12.7. The lowest BCUT2D eigenvalue weighted by molar-refractivity contribution is -0.123. The molecule has 1 saturated heterocycles. The molecule has 1 aromatic carbocycles.